The molecule has 2 aromatic rings. The Hall–Kier alpha value is -3.98. The Labute approximate surface area is 207 Å². The zero-order valence-electron chi connectivity index (χ0n) is 20.9. The molecule has 0 heterocycles. The van der Waals surface area contributed by atoms with E-state index in [1.165, 1.54) is 17.8 Å². The van der Waals surface area contributed by atoms with E-state index in [0.29, 0.717) is 5.57 Å². The van der Waals surface area contributed by atoms with Crippen LogP contribution in [0.3, 0.4) is 0 Å². The summed E-state index contributed by atoms with van der Waals surface area (Å²) in [4.78, 5) is 17.4. The fourth-order valence-corrected chi connectivity index (χ4v) is 4.35. The Bertz CT molecular complexity index is 1210. The largest absolute Gasteiger partial charge is 0.372 e. The summed E-state index contributed by atoms with van der Waals surface area (Å²) in [5, 5.41) is 20.7. The number of nitro benzene ring substituents is 1. The highest BCUT2D eigenvalue weighted by molar-refractivity contribution is 5.77. The molecule has 0 radical (unpaired) electrons. The van der Waals surface area contributed by atoms with Crippen molar-refractivity contribution in [2.24, 2.45) is 10.4 Å². The van der Waals surface area contributed by atoms with Crippen molar-refractivity contribution < 1.29 is 4.92 Å². The van der Waals surface area contributed by atoms with Crippen molar-refractivity contribution in [2.75, 3.05) is 18.0 Å². The van der Waals surface area contributed by atoms with E-state index in [2.05, 4.69) is 61.9 Å². The predicted molar refractivity (Wildman–Crippen MR) is 144 cm³/mol. The number of non-ortho nitro benzene ring substituents is 1. The van der Waals surface area contributed by atoms with Gasteiger partial charge in [0.15, 0.2) is 0 Å². The van der Waals surface area contributed by atoms with Crippen LogP contribution in [0, 0.1) is 26.9 Å². The van der Waals surface area contributed by atoms with Crippen LogP contribution in [-0.4, -0.2) is 24.2 Å². The third-order valence-electron chi connectivity index (χ3n) is 6.08. The standard InChI is InChI=1S/C29H32N4O2/c1-5-32(6-2)27-13-9-26(10-14-27)31-16-15-23-18-24(20-29(3,4)19-23)25(21-30)17-22-7-11-28(12-8-22)33(34)35/h7-18H,5-6,19-20H2,1-4H3/b23-15-,25-17+,31-16?. The van der Waals surface area contributed by atoms with E-state index >= 15 is 0 Å². The summed E-state index contributed by atoms with van der Waals surface area (Å²) in [6, 6.07) is 16.8. The van der Waals surface area contributed by atoms with Crippen molar-refractivity contribution in [2.45, 2.75) is 40.5 Å². The summed E-state index contributed by atoms with van der Waals surface area (Å²) in [6.45, 7) is 10.6. The number of allylic oxidation sites excluding steroid dienone is 5. The minimum absolute atomic E-state index is 0.000579. The molecule has 0 atom stereocenters. The van der Waals surface area contributed by atoms with Gasteiger partial charge in [-0.05, 0) is 97.4 Å². The van der Waals surface area contributed by atoms with E-state index in [9.17, 15) is 15.4 Å². The van der Waals surface area contributed by atoms with Crippen molar-refractivity contribution in [3.05, 3.63) is 93.1 Å². The fraction of sp³-hybridized carbons (Fsp3) is 0.310. The van der Waals surface area contributed by atoms with Crippen LogP contribution < -0.4 is 4.90 Å². The van der Waals surface area contributed by atoms with Crippen LogP contribution in [-0.2, 0) is 0 Å². The summed E-state index contributed by atoms with van der Waals surface area (Å²) < 4.78 is 0. The van der Waals surface area contributed by atoms with Gasteiger partial charge in [0.1, 0.15) is 0 Å². The van der Waals surface area contributed by atoms with Gasteiger partial charge in [-0.25, -0.2) is 0 Å². The molecule has 35 heavy (non-hydrogen) atoms. The second-order valence-electron chi connectivity index (χ2n) is 9.41. The molecule has 0 spiro atoms. The Morgan fingerprint density at radius 1 is 1.11 bits per heavy atom. The maximum absolute atomic E-state index is 10.9. The molecule has 2 aromatic carbocycles. The van der Waals surface area contributed by atoms with Crippen molar-refractivity contribution in [3.8, 4) is 6.07 Å². The maximum Gasteiger partial charge on any atom is 0.269 e. The summed E-state index contributed by atoms with van der Waals surface area (Å²) >= 11 is 0. The van der Waals surface area contributed by atoms with Crippen molar-refractivity contribution in [3.63, 3.8) is 0 Å². The Morgan fingerprint density at radius 3 is 2.34 bits per heavy atom. The molecule has 0 N–H and O–H groups in total. The molecule has 3 rings (SSSR count). The number of aliphatic imine (C=N–C) groups is 1. The molecule has 180 valence electrons. The molecule has 6 nitrogen and oxygen atoms in total. The average molecular weight is 469 g/mol. The average Bonchev–Trinajstić information content (AvgIpc) is 2.83. The number of nitriles is 1. The molecule has 6 heteroatoms. The number of hydrogen-bond acceptors (Lipinski definition) is 5. The van der Waals surface area contributed by atoms with Gasteiger partial charge < -0.3 is 4.90 Å². The lowest BCUT2D eigenvalue weighted by Crippen LogP contribution is -2.21. The van der Waals surface area contributed by atoms with Crippen LogP contribution in [0.4, 0.5) is 17.1 Å². The van der Waals surface area contributed by atoms with Gasteiger partial charge in [-0.1, -0.05) is 19.9 Å². The first-order valence-corrected chi connectivity index (χ1v) is 11.9. The Kier molecular flexibility index (Phi) is 8.38. The van der Waals surface area contributed by atoms with Crippen LogP contribution >= 0.6 is 0 Å². The lowest BCUT2D eigenvalue weighted by atomic mass is 9.73. The summed E-state index contributed by atoms with van der Waals surface area (Å²) in [5.74, 6) is 0. The number of anilines is 1. The second-order valence-corrected chi connectivity index (χ2v) is 9.41. The lowest BCUT2D eigenvalue weighted by molar-refractivity contribution is -0.384. The maximum atomic E-state index is 10.9. The van der Waals surface area contributed by atoms with Gasteiger partial charge in [-0.3, -0.25) is 15.1 Å². The van der Waals surface area contributed by atoms with Gasteiger partial charge >= 0.3 is 0 Å². The molecule has 0 unspecified atom stereocenters. The number of nitro groups is 1. The number of rotatable bonds is 8. The Morgan fingerprint density at radius 2 is 1.77 bits per heavy atom. The van der Waals surface area contributed by atoms with E-state index in [4.69, 9.17) is 0 Å². The van der Waals surface area contributed by atoms with E-state index in [0.717, 1.165) is 48.3 Å². The first kappa shape index (κ1) is 25.6. The van der Waals surface area contributed by atoms with Gasteiger partial charge in [0, 0.05) is 37.1 Å². The van der Waals surface area contributed by atoms with E-state index < -0.39 is 4.92 Å². The molecule has 1 aliphatic carbocycles. The van der Waals surface area contributed by atoms with Crippen LogP contribution in [0.2, 0.25) is 0 Å². The predicted octanol–water partition coefficient (Wildman–Crippen LogP) is 7.42. The number of benzene rings is 2. The van der Waals surface area contributed by atoms with Crippen LogP contribution in [0.5, 0.6) is 0 Å². The summed E-state index contributed by atoms with van der Waals surface area (Å²) in [6.07, 6.45) is 9.37. The highest BCUT2D eigenvalue weighted by Crippen LogP contribution is 2.40. The van der Waals surface area contributed by atoms with Gasteiger partial charge in [0.05, 0.1) is 22.3 Å². The highest BCUT2D eigenvalue weighted by Gasteiger charge is 2.27. The zero-order chi connectivity index (χ0) is 25.4. The molecule has 0 saturated heterocycles. The molecule has 0 bridgehead atoms. The SMILES string of the molecule is CCN(CC)c1ccc(N=C/C=C2C=C(/C(C#N)=C/c3ccc([N+](=O)[O-])cc3)CC(C)(C)C/2)cc1. The third-order valence-corrected chi connectivity index (χ3v) is 6.08. The molecule has 1 aliphatic rings. The smallest absolute Gasteiger partial charge is 0.269 e. The normalized spacial score (nSPS) is 16.7. The van der Waals surface area contributed by atoms with Crippen LogP contribution in [0.15, 0.2) is 82.4 Å². The minimum atomic E-state index is -0.428. The molecule has 0 aliphatic heterocycles. The van der Waals surface area contributed by atoms with E-state index in [1.807, 2.05) is 24.4 Å². The zero-order valence-corrected chi connectivity index (χ0v) is 20.9. The lowest BCUT2D eigenvalue weighted by Gasteiger charge is -2.31. The van der Waals surface area contributed by atoms with Crippen molar-refractivity contribution in [1.82, 2.24) is 0 Å². The molecular weight excluding hydrogens is 436 g/mol. The van der Waals surface area contributed by atoms with Crippen LogP contribution in [0.25, 0.3) is 6.08 Å². The Balaban J connectivity index is 1.82. The van der Waals surface area contributed by atoms with E-state index in [1.54, 1.807) is 18.2 Å². The molecule has 0 aromatic heterocycles. The molecule has 0 fully saturated rings. The summed E-state index contributed by atoms with van der Waals surface area (Å²) in [7, 11) is 0. The third kappa shape index (κ3) is 7.00. The summed E-state index contributed by atoms with van der Waals surface area (Å²) in [5.41, 5.74) is 5.53. The number of hydrogen-bond donors (Lipinski definition) is 0. The fourth-order valence-electron chi connectivity index (χ4n) is 4.35. The highest BCUT2D eigenvalue weighted by atomic mass is 16.6. The van der Waals surface area contributed by atoms with E-state index in [-0.39, 0.29) is 11.1 Å². The van der Waals surface area contributed by atoms with Gasteiger partial charge in [-0.2, -0.15) is 5.26 Å². The van der Waals surface area contributed by atoms with Crippen molar-refractivity contribution >= 4 is 29.4 Å². The van der Waals surface area contributed by atoms with Crippen LogP contribution in [0.1, 0.15) is 46.1 Å². The first-order valence-electron chi connectivity index (χ1n) is 11.9. The molecule has 0 amide bonds. The quantitative estimate of drug-likeness (QED) is 0.175. The second kappa shape index (κ2) is 11.4. The monoisotopic (exact) mass is 468 g/mol. The van der Waals surface area contributed by atoms with Gasteiger partial charge in [-0.15, -0.1) is 0 Å². The number of nitrogens with zero attached hydrogens (tertiary/aromatic N) is 4. The van der Waals surface area contributed by atoms with Gasteiger partial charge in [0.2, 0.25) is 0 Å². The minimum Gasteiger partial charge on any atom is -0.372 e. The topological polar surface area (TPSA) is 82.5 Å². The molecular formula is C29H32N4O2. The van der Waals surface area contributed by atoms with Crippen molar-refractivity contribution in [1.29, 1.82) is 5.26 Å². The first-order chi connectivity index (χ1) is 16.7. The molecule has 0 saturated carbocycles. The van der Waals surface area contributed by atoms with Gasteiger partial charge in [0.25, 0.3) is 5.69 Å².